The highest BCUT2D eigenvalue weighted by atomic mass is 32.2. The normalized spacial score (nSPS) is 10.7. The fraction of sp³-hybridized carbons (Fsp3) is 0. The highest BCUT2D eigenvalue weighted by molar-refractivity contribution is 7.92. The van der Waals surface area contributed by atoms with E-state index in [0.29, 0.717) is 5.69 Å². The number of benzene rings is 2. The van der Waals surface area contributed by atoms with Crippen molar-refractivity contribution in [1.82, 2.24) is 0 Å². The molecule has 19 heavy (non-hydrogen) atoms. The Morgan fingerprint density at radius 3 is 2.37 bits per heavy atom. The van der Waals surface area contributed by atoms with E-state index < -0.39 is 10.0 Å². The van der Waals surface area contributed by atoms with Crippen LogP contribution in [0.15, 0.2) is 53.4 Å². The van der Waals surface area contributed by atoms with Crippen LogP contribution in [0.5, 0.6) is 0 Å². The number of nitrogen functional groups attached to an aromatic ring is 1. The largest absolute Gasteiger partial charge is 0.397 e. The van der Waals surface area contributed by atoms with Gasteiger partial charge in [0.1, 0.15) is 11.0 Å². The number of nitrogens with zero attached hydrogens (tertiary/aromatic N) is 1. The molecule has 96 valence electrons. The molecule has 0 atom stereocenters. The van der Waals surface area contributed by atoms with E-state index in [4.69, 9.17) is 11.0 Å². The van der Waals surface area contributed by atoms with Gasteiger partial charge in [-0.15, -0.1) is 0 Å². The molecule has 0 amide bonds. The van der Waals surface area contributed by atoms with E-state index in [1.807, 2.05) is 6.07 Å². The molecule has 0 aliphatic carbocycles. The van der Waals surface area contributed by atoms with E-state index in [0.717, 1.165) is 0 Å². The summed E-state index contributed by atoms with van der Waals surface area (Å²) in [4.78, 5) is -0.0687. The summed E-state index contributed by atoms with van der Waals surface area (Å²) in [6, 6.07) is 14.4. The lowest BCUT2D eigenvalue weighted by molar-refractivity contribution is 0.601. The van der Waals surface area contributed by atoms with Crippen molar-refractivity contribution < 1.29 is 8.42 Å². The molecule has 0 saturated heterocycles. The first kappa shape index (κ1) is 12.9. The summed E-state index contributed by atoms with van der Waals surface area (Å²) in [5.41, 5.74) is 6.38. The first-order valence-electron chi connectivity index (χ1n) is 5.41. The molecule has 0 bridgehead atoms. The van der Waals surface area contributed by atoms with Gasteiger partial charge in [0.15, 0.2) is 0 Å². The molecule has 2 aromatic rings. The minimum atomic E-state index is -3.83. The molecular formula is C13H11N3O2S. The van der Waals surface area contributed by atoms with Gasteiger partial charge in [0.05, 0.1) is 16.9 Å². The van der Waals surface area contributed by atoms with Crippen molar-refractivity contribution in [2.24, 2.45) is 0 Å². The predicted molar refractivity (Wildman–Crippen MR) is 72.8 cm³/mol. The standard InChI is InChI=1S/C13H11N3O2S/c14-9-10-5-1-4-8-13(10)19(17,18)16-12-7-3-2-6-11(12)15/h1-8,16H,15H2. The van der Waals surface area contributed by atoms with Crippen LogP contribution in [0.4, 0.5) is 11.4 Å². The van der Waals surface area contributed by atoms with Gasteiger partial charge < -0.3 is 5.73 Å². The smallest absolute Gasteiger partial charge is 0.263 e. The van der Waals surface area contributed by atoms with Crippen LogP contribution in [0.2, 0.25) is 0 Å². The van der Waals surface area contributed by atoms with E-state index in [1.165, 1.54) is 12.1 Å². The van der Waals surface area contributed by atoms with Crippen LogP contribution in [0, 0.1) is 11.3 Å². The Bertz CT molecular complexity index is 748. The van der Waals surface area contributed by atoms with Crippen molar-refractivity contribution in [3.8, 4) is 6.07 Å². The van der Waals surface area contributed by atoms with Gasteiger partial charge in [-0.05, 0) is 24.3 Å². The first-order valence-corrected chi connectivity index (χ1v) is 6.89. The topological polar surface area (TPSA) is 96.0 Å². The van der Waals surface area contributed by atoms with Crippen LogP contribution in [-0.4, -0.2) is 8.42 Å². The molecular weight excluding hydrogens is 262 g/mol. The van der Waals surface area contributed by atoms with E-state index in [1.54, 1.807) is 36.4 Å². The SMILES string of the molecule is N#Cc1ccccc1S(=O)(=O)Nc1ccccc1N. The van der Waals surface area contributed by atoms with Gasteiger partial charge >= 0.3 is 0 Å². The number of hydrogen-bond donors (Lipinski definition) is 2. The Hall–Kier alpha value is -2.52. The lowest BCUT2D eigenvalue weighted by Gasteiger charge is -2.10. The quantitative estimate of drug-likeness (QED) is 0.835. The Kier molecular flexibility index (Phi) is 3.40. The number of para-hydroxylation sites is 2. The monoisotopic (exact) mass is 273 g/mol. The van der Waals surface area contributed by atoms with Gasteiger partial charge in [-0.25, -0.2) is 8.42 Å². The van der Waals surface area contributed by atoms with Crippen molar-refractivity contribution in [3.05, 3.63) is 54.1 Å². The third kappa shape index (κ3) is 2.67. The van der Waals surface area contributed by atoms with E-state index in [-0.39, 0.29) is 16.1 Å². The van der Waals surface area contributed by atoms with Crippen LogP contribution >= 0.6 is 0 Å². The second-order valence-electron chi connectivity index (χ2n) is 3.80. The number of anilines is 2. The molecule has 0 aliphatic rings. The predicted octanol–water partition coefficient (Wildman–Crippen LogP) is 1.94. The molecule has 3 N–H and O–H groups in total. The number of nitrogens with two attached hydrogens (primary N) is 1. The molecule has 0 aromatic heterocycles. The van der Waals surface area contributed by atoms with Gasteiger partial charge in [-0.2, -0.15) is 5.26 Å². The zero-order valence-electron chi connectivity index (χ0n) is 9.87. The van der Waals surface area contributed by atoms with Crippen LogP contribution < -0.4 is 10.5 Å². The average molecular weight is 273 g/mol. The maximum Gasteiger partial charge on any atom is 0.263 e. The van der Waals surface area contributed by atoms with Crippen LogP contribution in [-0.2, 0) is 10.0 Å². The van der Waals surface area contributed by atoms with Crippen molar-refractivity contribution >= 4 is 21.4 Å². The first-order chi connectivity index (χ1) is 9.04. The third-order valence-electron chi connectivity index (χ3n) is 2.50. The fourth-order valence-electron chi connectivity index (χ4n) is 1.58. The Balaban J connectivity index is 2.45. The van der Waals surface area contributed by atoms with Crippen molar-refractivity contribution in [1.29, 1.82) is 5.26 Å². The summed E-state index contributed by atoms with van der Waals surface area (Å²) in [6.07, 6.45) is 0. The van der Waals surface area contributed by atoms with Gasteiger partial charge in [0.2, 0.25) is 0 Å². The van der Waals surface area contributed by atoms with Crippen LogP contribution in [0.1, 0.15) is 5.56 Å². The molecule has 0 fully saturated rings. The highest BCUT2D eigenvalue weighted by Gasteiger charge is 2.18. The maximum absolute atomic E-state index is 12.2. The zero-order chi connectivity index (χ0) is 13.9. The summed E-state index contributed by atoms with van der Waals surface area (Å²) in [6.45, 7) is 0. The summed E-state index contributed by atoms with van der Waals surface area (Å²) in [5, 5.41) is 8.94. The van der Waals surface area contributed by atoms with Gasteiger partial charge in [-0.3, -0.25) is 4.72 Å². The van der Waals surface area contributed by atoms with Crippen molar-refractivity contribution in [2.45, 2.75) is 4.90 Å². The van der Waals surface area contributed by atoms with E-state index in [9.17, 15) is 8.42 Å². The average Bonchev–Trinajstić information content (AvgIpc) is 2.41. The van der Waals surface area contributed by atoms with Gasteiger partial charge in [-0.1, -0.05) is 24.3 Å². The summed E-state index contributed by atoms with van der Waals surface area (Å²) >= 11 is 0. The molecule has 0 unspecified atom stereocenters. The molecule has 0 radical (unpaired) electrons. The van der Waals surface area contributed by atoms with E-state index >= 15 is 0 Å². The number of nitrogens with one attached hydrogen (secondary N) is 1. The third-order valence-corrected chi connectivity index (χ3v) is 3.93. The number of rotatable bonds is 3. The van der Waals surface area contributed by atoms with Crippen molar-refractivity contribution in [2.75, 3.05) is 10.5 Å². The molecule has 0 spiro atoms. The molecule has 0 aliphatic heterocycles. The van der Waals surface area contributed by atoms with E-state index in [2.05, 4.69) is 4.72 Å². The van der Waals surface area contributed by atoms with Crippen LogP contribution in [0.25, 0.3) is 0 Å². The molecule has 6 heteroatoms. The summed E-state index contributed by atoms with van der Waals surface area (Å²) < 4.78 is 26.8. The number of hydrogen-bond acceptors (Lipinski definition) is 4. The van der Waals surface area contributed by atoms with Crippen molar-refractivity contribution in [3.63, 3.8) is 0 Å². The molecule has 0 saturated carbocycles. The molecule has 0 heterocycles. The highest BCUT2D eigenvalue weighted by Crippen LogP contribution is 2.23. The number of nitriles is 1. The Morgan fingerprint density at radius 1 is 1.05 bits per heavy atom. The fourth-order valence-corrected chi connectivity index (χ4v) is 2.83. The second kappa shape index (κ2) is 5.00. The number of sulfonamides is 1. The zero-order valence-corrected chi connectivity index (χ0v) is 10.7. The molecule has 2 rings (SSSR count). The maximum atomic E-state index is 12.2. The lowest BCUT2D eigenvalue weighted by Crippen LogP contribution is -2.15. The molecule has 2 aromatic carbocycles. The Labute approximate surface area is 111 Å². The minimum Gasteiger partial charge on any atom is -0.397 e. The van der Waals surface area contributed by atoms with Crippen LogP contribution in [0.3, 0.4) is 0 Å². The molecule has 5 nitrogen and oxygen atoms in total. The summed E-state index contributed by atoms with van der Waals surface area (Å²) in [7, 11) is -3.83. The lowest BCUT2D eigenvalue weighted by atomic mass is 10.2. The second-order valence-corrected chi connectivity index (χ2v) is 5.45. The minimum absolute atomic E-state index is 0.0687. The van der Waals surface area contributed by atoms with Gasteiger partial charge in [0.25, 0.3) is 10.0 Å². The summed E-state index contributed by atoms with van der Waals surface area (Å²) in [5.74, 6) is 0. The Morgan fingerprint density at radius 2 is 1.68 bits per heavy atom. The van der Waals surface area contributed by atoms with Gasteiger partial charge in [0, 0.05) is 0 Å².